The topological polar surface area (TPSA) is 69.7 Å². The van der Waals surface area contributed by atoms with Crippen LogP contribution in [0.25, 0.3) is 0 Å². The summed E-state index contributed by atoms with van der Waals surface area (Å²) in [7, 11) is -3.63. The van der Waals surface area contributed by atoms with Crippen LogP contribution in [0.2, 0.25) is 0 Å². The highest BCUT2D eigenvalue weighted by molar-refractivity contribution is 7.92. The van der Waals surface area contributed by atoms with Gasteiger partial charge in [-0.25, -0.2) is 8.42 Å². The highest BCUT2D eigenvalue weighted by Gasteiger charge is 2.29. The summed E-state index contributed by atoms with van der Waals surface area (Å²) in [6, 6.07) is 12.8. The molecule has 174 valence electrons. The van der Waals surface area contributed by atoms with E-state index >= 15 is 0 Å². The lowest BCUT2D eigenvalue weighted by atomic mass is 10.1. The average Bonchev–Trinajstić information content (AvgIpc) is 2.75. The van der Waals surface area contributed by atoms with Crippen LogP contribution in [0.4, 0.5) is 5.69 Å². The van der Waals surface area contributed by atoms with Gasteiger partial charge in [0.25, 0.3) is 0 Å². The van der Waals surface area contributed by atoms with Crippen LogP contribution in [0.15, 0.2) is 42.5 Å². The van der Waals surface area contributed by atoms with Gasteiger partial charge in [0.1, 0.15) is 6.04 Å². The summed E-state index contributed by atoms with van der Waals surface area (Å²) in [6.45, 7) is 9.16. The maximum absolute atomic E-state index is 12.8. The lowest BCUT2D eigenvalue weighted by Gasteiger charge is -2.28. The summed E-state index contributed by atoms with van der Waals surface area (Å²) in [4.78, 5) is 15.3. The Hall–Kier alpha value is -2.38. The number of anilines is 1. The molecule has 3 rings (SSSR count). The predicted molar refractivity (Wildman–Crippen MR) is 130 cm³/mol. The van der Waals surface area contributed by atoms with Crippen LogP contribution in [0.3, 0.4) is 0 Å². The van der Waals surface area contributed by atoms with Gasteiger partial charge in [-0.3, -0.25) is 14.0 Å². The molecule has 1 heterocycles. The van der Waals surface area contributed by atoms with Crippen molar-refractivity contribution >= 4 is 21.6 Å². The van der Waals surface area contributed by atoms with E-state index in [2.05, 4.69) is 22.3 Å². The standard InChI is InChI=1S/C25H35N3O3S/c1-19-8-13-24(16-20(19)2)28(32(4,30)31)21(3)25(29)26-17-22-9-11-23(12-10-22)18-27-14-6-5-7-15-27/h8-13,16,21H,5-7,14-15,17-18H2,1-4H3,(H,26,29). The number of carbonyl (C=O) groups excluding carboxylic acids is 1. The number of nitrogens with one attached hydrogen (secondary N) is 1. The first-order chi connectivity index (χ1) is 15.1. The van der Waals surface area contributed by atoms with E-state index in [4.69, 9.17) is 0 Å². The van der Waals surface area contributed by atoms with Crippen LogP contribution >= 0.6 is 0 Å². The minimum absolute atomic E-state index is 0.328. The molecule has 2 aromatic rings. The molecule has 1 unspecified atom stereocenters. The fourth-order valence-electron chi connectivity index (χ4n) is 4.15. The van der Waals surface area contributed by atoms with E-state index in [1.165, 1.54) is 29.1 Å². The molecule has 0 radical (unpaired) electrons. The maximum atomic E-state index is 12.8. The number of sulfonamides is 1. The van der Waals surface area contributed by atoms with Gasteiger partial charge < -0.3 is 5.32 Å². The van der Waals surface area contributed by atoms with E-state index in [1.54, 1.807) is 19.1 Å². The van der Waals surface area contributed by atoms with Crippen LogP contribution < -0.4 is 9.62 Å². The number of amides is 1. The smallest absolute Gasteiger partial charge is 0.243 e. The third kappa shape index (κ3) is 6.33. The molecule has 1 aliphatic heterocycles. The Morgan fingerprint density at radius 2 is 1.62 bits per heavy atom. The van der Waals surface area contributed by atoms with Gasteiger partial charge in [0.2, 0.25) is 15.9 Å². The predicted octanol–water partition coefficient (Wildman–Crippen LogP) is 3.76. The van der Waals surface area contributed by atoms with Gasteiger partial charge in [0, 0.05) is 13.1 Å². The van der Waals surface area contributed by atoms with Crippen molar-refractivity contribution in [2.75, 3.05) is 23.7 Å². The molecule has 32 heavy (non-hydrogen) atoms. The number of nitrogens with zero attached hydrogens (tertiary/aromatic N) is 2. The van der Waals surface area contributed by atoms with E-state index < -0.39 is 16.1 Å². The number of carbonyl (C=O) groups is 1. The van der Waals surface area contributed by atoms with Crippen molar-refractivity contribution in [1.29, 1.82) is 0 Å². The van der Waals surface area contributed by atoms with Crippen LogP contribution in [0, 0.1) is 13.8 Å². The minimum Gasteiger partial charge on any atom is -0.350 e. The van der Waals surface area contributed by atoms with Gasteiger partial charge in [-0.15, -0.1) is 0 Å². The Labute approximate surface area is 192 Å². The molecule has 1 atom stereocenters. The Morgan fingerprint density at radius 1 is 1.00 bits per heavy atom. The molecule has 0 aromatic heterocycles. The van der Waals surface area contributed by atoms with Crippen molar-refractivity contribution in [3.05, 3.63) is 64.7 Å². The molecule has 1 aliphatic rings. The SMILES string of the molecule is Cc1ccc(N(C(C)C(=O)NCc2ccc(CN3CCCCC3)cc2)S(C)(=O)=O)cc1C. The summed E-state index contributed by atoms with van der Waals surface area (Å²) < 4.78 is 26.2. The zero-order valence-corrected chi connectivity index (χ0v) is 20.4. The summed E-state index contributed by atoms with van der Waals surface area (Å²) in [6.07, 6.45) is 5.00. The fourth-order valence-corrected chi connectivity index (χ4v) is 5.31. The first kappa shape index (κ1) is 24.3. The first-order valence-corrected chi connectivity index (χ1v) is 13.1. The highest BCUT2D eigenvalue weighted by Crippen LogP contribution is 2.24. The fraction of sp³-hybridized carbons (Fsp3) is 0.480. The second-order valence-electron chi connectivity index (χ2n) is 8.87. The summed E-state index contributed by atoms with van der Waals surface area (Å²) in [5.74, 6) is -0.328. The Balaban J connectivity index is 1.62. The van der Waals surface area contributed by atoms with Gasteiger partial charge in [-0.1, -0.05) is 36.8 Å². The molecular weight excluding hydrogens is 422 g/mol. The summed E-state index contributed by atoms with van der Waals surface area (Å²) in [5, 5.41) is 2.89. The molecule has 1 N–H and O–H groups in total. The van der Waals surface area contributed by atoms with Crippen molar-refractivity contribution in [3.8, 4) is 0 Å². The molecule has 1 amide bonds. The number of aryl methyl sites for hydroxylation is 2. The number of hydrogen-bond donors (Lipinski definition) is 1. The monoisotopic (exact) mass is 457 g/mol. The van der Waals surface area contributed by atoms with Crippen molar-refractivity contribution < 1.29 is 13.2 Å². The van der Waals surface area contributed by atoms with E-state index in [1.807, 2.05) is 32.0 Å². The lowest BCUT2D eigenvalue weighted by molar-refractivity contribution is -0.122. The van der Waals surface area contributed by atoms with E-state index in [0.717, 1.165) is 42.6 Å². The lowest BCUT2D eigenvalue weighted by Crippen LogP contribution is -2.47. The van der Waals surface area contributed by atoms with Gasteiger partial charge in [-0.2, -0.15) is 0 Å². The molecular formula is C25H35N3O3S. The number of piperidine rings is 1. The zero-order valence-electron chi connectivity index (χ0n) is 19.6. The van der Waals surface area contributed by atoms with Crippen LogP contribution in [0.5, 0.6) is 0 Å². The van der Waals surface area contributed by atoms with Crippen molar-refractivity contribution in [2.45, 2.75) is 59.2 Å². The van der Waals surface area contributed by atoms with Crippen LogP contribution in [-0.2, 0) is 27.9 Å². The molecule has 7 heteroatoms. The summed E-state index contributed by atoms with van der Waals surface area (Å²) >= 11 is 0. The number of likely N-dealkylation sites (tertiary alicyclic amines) is 1. The highest BCUT2D eigenvalue weighted by atomic mass is 32.2. The molecule has 6 nitrogen and oxygen atoms in total. The van der Waals surface area contributed by atoms with Gasteiger partial charge in [-0.05, 0) is 81.1 Å². The molecule has 1 fully saturated rings. The minimum atomic E-state index is -3.63. The number of hydrogen-bond acceptors (Lipinski definition) is 4. The third-order valence-electron chi connectivity index (χ3n) is 6.18. The Bertz CT molecular complexity index is 1030. The van der Waals surface area contributed by atoms with Crippen molar-refractivity contribution in [2.24, 2.45) is 0 Å². The van der Waals surface area contributed by atoms with E-state index in [9.17, 15) is 13.2 Å². The second kappa shape index (κ2) is 10.5. The molecule has 2 aromatic carbocycles. The Kier molecular flexibility index (Phi) is 7.96. The summed E-state index contributed by atoms with van der Waals surface area (Å²) in [5.41, 5.74) is 4.81. The number of rotatable bonds is 8. The normalized spacial score (nSPS) is 15.9. The van der Waals surface area contributed by atoms with Gasteiger partial charge in [0.15, 0.2) is 0 Å². The largest absolute Gasteiger partial charge is 0.350 e. The van der Waals surface area contributed by atoms with E-state index in [0.29, 0.717) is 12.2 Å². The molecule has 1 saturated heterocycles. The van der Waals surface area contributed by atoms with Crippen LogP contribution in [0.1, 0.15) is 48.4 Å². The van der Waals surface area contributed by atoms with E-state index in [-0.39, 0.29) is 5.91 Å². The van der Waals surface area contributed by atoms with Gasteiger partial charge in [0.05, 0.1) is 11.9 Å². The zero-order chi connectivity index (χ0) is 23.3. The van der Waals surface area contributed by atoms with Crippen molar-refractivity contribution in [3.63, 3.8) is 0 Å². The average molecular weight is 458 g/mol. The maximum Gasteiger partial charge on any atom is 0.243 e. The molecule has 0 aliphatic carbocycles. The van der Waals surface area contributed by atoms with Crippen molar-refractivity contribution in [1.82, 2.24) is 10.2 Å². The number of benzene rings is 2. The third-order valence-corrected chi connectivity index (χ3v) is 7.42. The molecule has 0 bridgehead atoms. The quantitative estimate of drug-likeness (QED) is 0.655. The molecule has 0 saturated carbocycles. The van der Waals surface area contributed by atoms with Crippen LogP contribution in [-0.4, -0.2) is 44.6 Å². The molecule has 0 spiro atoms. The van der Waals surface area contributed by atoms with Gasteiger partial charge >= 0.3 is 0 Å². The second-order valence-corrected chi connectivity index (χ2v) is 10.7. The Morgan fingerprint density at radius 3 is 2.22 bits per heavy atom. The first-order valence-electron chi connectivity index (χ1n) is 11.3.